The lowest BCUT2D eigenvalue weighted by Gasteiger charge is -2.13. The fraction of sp³-hybridized carbons (Fsp3) is 0.105. The first-order valence-electron chi connectivity index (χ1n) is 8.04. The molecule has 2 aromatic rings. The zero-order valence-electron chi connectivity index (χ0n) is 14.4. The molecule has 0 atom stereocenters. The van der Waals surface area contributed by atoms with Crippen molar-refractivity contribution in [2.75, 3.05) is 6.61 Å². The van der Waals surface area contributed by atoms with Crippen LogP contribution in [0.4, 0.5) is 9.18 Å². The molecule has 1 saturated heterocycles. The highest BCUT2D eigenvalue weighted by atomic mass is 35.5. The molecular weight excluding hydrogens is 407 g/mol. The Morgan fingerprint density at radius 2 is 2.00 bits per heavy atom. The second-order valence-electron chi connectivity index (χ2n) is 5.80. The minimum Gasteiger partial charge on any atom is -0.483 e. The van der Waals surface area contributed by atoms with Gasteiger partial charge in [0.1, 0.15) is 11.6 Å². The van der Waals surface area contributed by atoms with E-state index >= 15 is 0 Å². The Hall–Kier alpha value is -2.84. The van der Waals surface area contributed by atoms with Crippen LogP contribution in [0.1, 0.15) is 11.1 Å². The number of imide groups is 1. The fourth-order valence-corrected chi connectivity index (χ4v) is 3.53. The Morgan fingerprint density at radius 1 is 1.25 bits per heavy atom. The van der Waals surface area contributed by atoms with Crippen LogP contribution in [0.5, 0.6) is 5.75 Å². The number of hydrogen-bond donors (Lipinski definition) is 1. The van der Waals surface area contributed by atoms with Crippen molar-refractivity contribution < 1.29 is 23.5 Å². The van der Waals surface area contributed by atoms with Crippen molar-refractivity contribution in [3.05, 3.63) is 69.3 Å². The Kier molecular flexibility index (Phi) is 6.01. The summed E-state index contributed by atoms with van der Waals surface area (Å²) in [5, 5.41) is -0.333. The van der Waals surface area contributed by atoms with Crippen molar-refractivity contribution in [3.63, 3.8) is 0 Å². The molecule has 1 aliphatic rings. The van der Waals surface area contributed by atoms with Crippen molar-refractivity contribution in [2.45, 2.75) is 6.54 Å². The number of rotatable bonds is 6. The second-order valence-corrected chi connectivity index (χ2v) is 7.20. The topological polar surface area (TPSA) is 89.7 Å². The van der Waals surface area contributed by atoms with E-state index in [9.17, 15) is 18.8 Å². The maximum atomic E-state index is 13.2. The molecule has 2 aromatic carbocycles. The van der Waals surface area contributed by atoms with E-state index in [-0.39, 0.29) is 23.1 Å². The fourth-order valence-electron chi connectivity index (χ4n) is 2.48. The molecule has 0 bridgehead atoms. The molecule has 0 spiro atoms. The van der Waals surface area contributed by atoms with E-state index in [1.54, 1.807) is 24.3 Å². The molecule has 144 valence electrons. The van der Waals surface area contributed by atoms with Crippen LogP contribution in [0.15, 0.2) is 47.4 Å². The van der Waals surface area contributed by atoms with Gasteiger partial charge in [0.15, 0.2) is 6.61 Å². The SMILES string of the molecule is NC(=O)COc1ccccc1/C=C1/SC(=O)N(Cc2ccc(F)cc2Cl)C1=O. The zero-order chi connectivity index (χ0) is 20.3. The molecule has 1 aliphatic heterocycles. The predicted octanol–water partition coefficient (Wildman–Crippen LogP) is 3.58. The van der Waals surface area contributed by atoms with Crippen LogP contribution in [-0.4, -0.2) is 28.6 Å². The number of carbonyl (C=O) groups is 3. The molecule has 0 aromatic heterocycles. The van der Waals surface area contributed by atoms with Crippen LogP contribution in [-0.2, 0) is 16.1 Å². The van der Waals surface area contributed by atoms with Crippen LogP contribution in [0.3, 0.4) is 0 Å². The Morgan fingerprint density at radius 3 is 2.71 bits per heavy atom. The molecule has 0 unspecified atom stereocenters. The molecule has 0 saturated carbocycles. The van der Waals surface area contributed by atoms with Gasteiger partial charge >= 0.3 is 0 Å². The van der Waals surface area contributed by atoms with Crippen molar-refractivity contribution >= 4 is 46.5 Å². The lowest BCUT2D eigenvalue weighted by molar-refractivity contribution is -0.123. The highest BCUT2D eigenvalue weighted by Gasteiger charge is 2.35. The predicted molar refractivity (Wildman–Crippen MR) is 104 cm³/mol. The van der Waals surface area contributed by atoms with E-state index in [0.29, 0.717) is 16.9 Å². The number of para-hydroxylation sites is 1. The summed E-state index contributed by atoms with van der Waals surface area (Å²) in [5.41, 5.74) is 6.06. The van der Waals surface area contributed by atoms with Crippen LogP contribution < -0.4 is 10.5 Å². The maximum absolute atomic E-state index is 13.2. The molecule has 28 heavy (non-hydrogen) atoms. The average Bonchev–Trinajstić information content (AvgIpc) is 2.90. The summed E-state index contributed by atoms with van der Waals surface area (Å²) < 4.78 is 18.5. The van der Waals surface area contributed by atoms with Crippen LogP contribution in [0.25, 0.3) is 6.08 Å². The molecule has 6 nitrogen and oxygen atoms in total. The molecular formula is C19H14ClFN2O4S. The highest BCUT2D eigenvalue weighted by molar-refractivity contribution is 8.18. The minimum absolute atomic E-state index is 0.0685. The first-order valence-corrected chi connectivity index (χ1v) is 9.24. The average molecular weight is 421 g/mol. The summed E-state index contributed by atoms with van der Waals surface area (Å²) in [5.74, 6) is -1.28. The third kappa shape index (κ3) is 4.52. The molecule has 9 heteroatoms. The van der Waals surface area contributed by atoms with Gasteiger partial charge in [0.05, 0.1) is 11.4 Å². The third-order valence-corrected chi connectivity index (χ3v) is 5.05. The van der Waals surface area contributed by atoms with Gasteiger partial charge in [-0.25, -0.2) is 4.39 Å². The summed E-state index contributed by atoms with van der Waals surface area (Å²) in [4.78, 5) is 37.1. The number of primary amides is 1. The standard InChI is InChI=1S/C19H14ClFN2O4S/c20-14-8-13(21)6-5-12(14)9-23-18(25)16(28-19(23)26)7-11-3-1-2-4-15(11)27-10-17(22)24/h1-8H,9-10H2,(H2,22,24)/b16-7+. The number of benzene rings is 2. The van der Waals surface area contributed by atoms with Crippen molar-refractivity contribution in [3.8, 4) is 5.75 Å². The van der Waals surface area contributed by atoms with Gasteiger partial charge < -0.3 is 10.5 Å². The monoisotopic (exact) mass is 420 g/mol. The summed E-state index contributed by atoms with van der Waals surface area (Å²) in [6.07, 6.45) is 1.51. The van der Waals surface area contributed by atoms with Gasteiger partial charge in [-0.05, 0) is 41.6 Å². The number of halogens is 2. The Labute approximate surface area is 169 Å². The van der Waals surface area contributed by atoms with Gasteiger partial charge in [-0.2, -0.15) is 0 Å². The maximum Gasteiger partial charge on any atom is 0.293 e. The smallest absolute Gasteiger partial charge is 0.293 e. The summed E-state index contributed by atoms with van der Waals surface area (Å²) in [6, 6.07) is 10.5. The lowest BCUT2D eigenvalue weighted by Crippen LogP contribution is -2.27. The van der Waals surface area contributed by atoms with Crippen LogP contribution in [0, 0.1) is 5.82 Å². The normalized spacial score (nSPS) is 15.4. The number of amides is 3. The Balaban J connectivity index is 1.82. The first-order chi connectivity index (χ1) is 13.3. The first kappa shape index (κ1) is 19.9. The highest BCUT2D eigenvalue weighted by Crippen LogP contribution is 2.35. The van der Waals surface area contributed by atoms with E-state index in [2.05, 4.69) is 0 Å². The van der Waals surface area contributed by atoms with Gasteiger partial charge in [0.2, 0.25) is 0 Å². The summed E-state index contributed by atoms with van der Waals surface area (Å²) in [7, 11) is 0. The van der Waals surface area contributed by atoms with Crippen molar-refractivity contribution in [2.24, 2.45) is 5.73 Å². The number of nitrogens with two attached hydrogens (primary N) is 1. The van der Waals surface area contributed by atoms with Crippen molar-refractivity contribution in [1.82, 2.24) is 4.90 Å². The minimum atomic E-state index is -0.633. The van der Waals surface area contributed by atoms with Gasteiger partial charge in [-0.3, -0.25) is 19.3 Å². The van der Waals surface area contributed by atoms with E-state index in [4.69, 9.17) is 22.1 Å². The second kappa shape index (κ2) is 8.45. The van der Waals surface area contributed by atoms with E-state index < -0.39 is 22.9 Å². The Bertz CT molecular complexity index is 996. The molecule has 2 N–H and O–H groups in total. The molecule has 3 amide bonds. The van der Waals surface area contributed by atoms with Gasteiger partial charge in [0.25, 0.3) is 17.1 Å². The number of thioether (sulfide) groups is 1. The summed E-state index contributed by atoms with van der Waals surface area (Å²) >= 11 is 6.76. The molecule has 1 heterocycles. The van der Waals surface area contributed by atoms with E-state index in [1.807, 2.05) is 0 Å². The largest absolute Gasteiger partial charge is 0.483 e. The molecule has 0 aliphatic carbocycles. The number of nitrogens with zero attached hydrogens (tertiary/aromatic N) is 1. The summed E-state index contributed by atoms with van der Waals surface area (Å²) in [6.45, 7) is -0.379. The third-order valence-electron chi connectivity index (χ3n) is 3.79. The quantitative estimate of drug-likeness (QED) is 0.721. The van der Waals surface area contributed by atoms with E-state index in [0.717, 1.165) is 22.7 Å². The van der Waals surface area contributed by atoms with Gasteiger partial charge in [0, 0.05) is 10.6 Å². The van der Waals surface area contributed by atoms with Gasteiger partial charge in [-0.1, -0.05) is 35.9 Å². The lowest BCUT2D eigenvalue weighted by atomic mass is 10.1. The number of carbonyl (C=O) groups excluding carboxylic acids is 3. The number of hydrogen-bond acceptors (Lipinski definition) is 5. The van der Waals surface area contributed by atoms with Crippen LogP contribution in [0.2, 0.25) is 5.02 Å². The molecule has 0 radical (unpaired) electrons. The van der Waals surface area contributed by atoms with Gasteiger partial charge in [-0.15, -0.1) is 0 Å². The molecule has 1 fully saturated rings. The molecule has 3 rings (SSSR count). The zero-order valence-corrected chi connectivity index (χ0v) is 15.9. The van der Waals surface area contributed by atoms with E-state index in [1.165, 1.54) is 18.2 Å². The van der Waals surface area contributed by atoms with Crippen LogP contribution >= 0.6 is 23.4 Å². The number of ether oxygens (including phenoxy) is 1. The van der Waals surface area contributed by atoms with Crippen molar-refractivity contribution in [1.29, 1.82) is 0 Å².